The predicted octanol–water partition coefficient (Wildman–Crippen LogP) is 2.00. The molecule has 1 aromatic carbocycles. The van der Waals surface area contributed by atoms with E-state index >= 15 is 0 Å². The molecule has 1 fully saturated rings. The van der Waals surface area contributed by atoms with Gasteiger partial charge in [0.1, 0.15) is 6.04 Å². The zero-order valence-corrected chi connectivity index (χ0v) is 11.8. The van der Waals surface area contributed by atoms with E-state index in [4.69, 9.17) is 11.6 Å². The van der Waals surface area contributed by atoms with Crippen LogP contribution in [0.1, 0.15) is 25.5 Å². The van der Waals surface area contributed by atoms with Crippen molar-refractivity contribution >= 4 is 23.4 Å². The Morgan fingerprint density at radius 3 is 2.74 bits per heavy atom. The Kier molecular flexibility index (Phi) is 4.10. The Morgan fingerprint density at radius 2 is 2.11 bits per heavy atom. The van der Waals surface area contributed by atoms with Crippen LogP contribution in [0.5, 0.6) is 0 Å². The maximum absolute atomic E-state index is 12.2. The zero-order valence-electron chi connectivity index (χ0n) is 11.0. The number of carbonyl (C=O) groups excluding carboxylic acids is 2. The maximum Gasteiger partial charge on any atom is 0.247 e. The Morgan fingerprint density at radius 1 is 1.42 bits per heavy atom. The topological polar surface area (TPSA) is 49.4 Å². The Bertz CT molecular complexity index is 502. The lowest BCUT2D eigenvalue weighted by atomic mass is 10.0. The number of hydrogen-bond acceptors (Lipinski definition) is 2. The van der Waals surface area contributed by atoms with Crippen molar-refractivity contribution in [3.63, 3.8) is 0 Å². The molecule has 1 heterocycles. The van der Waals surface area contributed by atoms with Gasteiger partial charge in [0.25, 0.3) is 0 Å². The van der Waals surface area contributed by atoms with Crippen molar-refractivity contribution in [3.05, 3.63) is 34.9 Å². The van der Waals surface area contributed by atoms with E-state index in [9.17, 15) is 9.59 Å². The number of nitrogens with one attached hydrogen (secondary N) is 1. The number of carbonyl (C=O) groups is 2. The van der Waals surface area contributed by atoms with Gasteiger partial charge in [-0.3, -0.25) is 9.59 Å². The molecule has 1 aliphatic heterocycles. The number of piperazine rings is 1. The number of amides is 2. The smallest absolute Gasteiger partial charge is 0.247 e. The van der Waals surface area contributed by atoms with Crippen LogP contribution >= 0.6 is 11.6 Å². The highest BCUT2D eigenvalue weighted by molar-refractivity contribution is 6.31. The van der Waals surface area contributed by atoms with Crippen LogP contribution < -0.4 is 5.32 Å². The summed E-state index contributed by atoms with van der Waals surface area (Å²) in [7, 11) is 0. The molecule has 19 heavy (non-hydrogen) atoms. The number of rotatable bonds is 2. The summed E-state index contributed by atoms with van der Waals surface area (Å²) in [6, 6.07) is 6.52. The van der Waals surface area contributed by atoms with Crippen LogP contribution in [0.25, 0.3) is 0 Å². The molecule has 2 amide bonds. The fourth-order valence-electron chi connectivity index (χ4n) is 2.24. The summed E-state index contributed by atoms with van der Waals surface area (Å²) in [4.78, 5) is 26.0. The summed E-state index contributed by atoms with van der Waals surface area (Å²) in [5.41, 5.74) is 0.676. The van der Waals surface area contributed by atoms with Crippen LogP contribution in [0.3, 0.4) is 0 Å². The Balaban J connectivity index is 2.40. The second-order valence-electron chi connectivity index (χ2n) is 4.90. The maximum atomic E-state index is 12.2. The second-order valence-corrected chi connectivity index (χ2v) is 5.31. The standard InChI is InChI=1S/C14H17ClN2O2/c1-9(2)14(19)17-8-7-16-13(18)12(17)10-5-3-4-6-11(10)15/h3-6,9,12H,7-8H2,1-2H3,(H,16,18). The van der Waals surface area contributed by atoms with Gasteiger partial charge in [-0.25, -0.2) is 0 Å². The molecule has 0 radical (unpaired) electrons. The summed E-state index contributed by atoms with van der Waals surface area (Å²) < 4.78 is 0. The van der Waals surface area contributed by atoms with E-state index in [0.717, 1.165) is 0 Å². The third kappa shape index (κ3) is 2.73. The fraction of sp³-hybridized carbons (Fsp3) is 0.429. The van der Waals surface area contributed by atoms with Crippen molar-refractivity contribution in [3.8, 4) is 0 Å². The molecule has 5 heteroatoms. The van der Waals surface area contributed by atoms with Gasteiger partial charge >= 0.3 is 0 Å². The van der Waals surface area contributed by atoms with E-state index in [1.54, 1.807) is 23.1 Å². The van der Waals surface area contributed by atoms with Crippen LogP contribution in [0, 0.1) is 5.92 Å². The van der Waals surface area contributed by atoms with E-state index in [2.05, 4.69) is 5.32 Å². The lowest BCUT2D eigenvalue weighted by Gasteiger charge is -2.36. The normalized spacial score (nSPS) is 19.5. The third-order valence-electron chi connectivity index (χ3n) is 3.19. The molecule has 1 saturated heterocycles. The molecule has 4 nitrogen and oxygen atoms in total. The van der Waals surface area contributed by atoms with Gasteiger partial charge in [0.15, 0.2) is 0 Å². The van der Waals surface area contributed by atoms with E-state index in [1.165, 1.54) is 0 Å². The first kappa shape index (κ1) is 13.9. The first-order valence-corrected chi connectivity index (χ1v) is 6.72. The lowest BCUT2D eigenvalue weighted by molar-refractivity contribution is -0.145. The molecule has 0 saturated carbocycles. The van der Waals surface area contributed by atoms with Crippen molar-refractivity contribution in [2.24, 2.45) is 5.92 Å². The third-order valence-corrected chi connectivity index (χ3v) is 3.53. The fourth-order valence-corrected chi connectivity index (χ4v) is 2.48. The van der Waals surface area contributed by atoms with Crippen molar-refractivity contribution in [1.82, 2.24) is 10.2 Å². The van der Waals surface area contributed by atoms with Crippen molar-refractivity contribution in [2.45, 2.75) is 19.9 Å². The van der Waals surface area contributed by atoms with E-state index in [0.29, 0.717) is 23.7 Å². The molecule has 0 aliphatic carbocycles. The van der Waals surface area contributed by atoms with E-state index in [-0.39, 0.29) is 17.7 Å². The monoisotopic (exact) mass is 280 g/mol. The van der Waals surface area contributed by atoms with Crippen LogP contribution in [0.4, 0.5) is 0 Å². The molecule has 1 aromatic rings. The molecule has 102 valence electrons. The number of halogens is 1. The summed E-state index contributed by atoms with van der Waals surface area (Å²) in [5, 5.41) is 3.30. The van der Waals surface area contributed by atoms with Gasteiger partial charge in [-0.2, -0.15) is 0 Å². The second kappa shape index (κ2) is 5.61. The molecule has 1 atom stereocenters. The summed E-state index contributed by atoms with van der Waals surface area (Å²) in [6.45, 7) is 4.66. The molecule has 1 aliphatic rings. The van der Waals surface area contributed by atoms with Crippen molar-refractivity contribution < 1.29 is 9.59 Å². The molecular weight excluding hydrogens is 264 g/mol. The van der Waals surface area contributed by atoms with Gasteiger partial charge in [0, 0.05) is 29.6 Å². The highest BCUT2D eigenvalue weighted by Gasteiger charge is 2.36. The van der Waals surface area contributed by atoms with Gasteiger partial charge in [-0.15, -0.1) is 0 Å². The first-order chi connectivity index (χ1) is 9.02. The van der Waals surface area contributed by atoms with Gasteiger partial charge in [0.2, 0.25) is 11.8 Å². The minimum atomic E-state index is -0.627. The zero-order chi connectivity index (χ0) is 14.0. The minimum Gasteiger partial charge on any atom is -0.352 e. The van der Waals surface area contributed by atoms with Crippen LogP contribution in [0.2, 0.25) is 5.02 Å². The quantitative estimate of drug-likeness (QED) is 0.901. The van der Waals surface area contributed by atoms with Gasteiger partial charge in [-0.05, 0) is 6.07 Å². The number of hydrogen-bond donors (Lipinski definition) is 1. The first-order valence-electron chi connectivity index (χ1n) is 6.35. The highest BCUT2D eigenvalue weighted by Crippen LogP contribution is 2.30. The van der Waals surface area contributed by atoms with Crippen LogP contribution in [-0.4, -0.2) is 29.8 Å². The van der Waals surface area contributed by atoms with Crippen LogP contribution in [-0.2, 0) is 9.59 Å². The molecule has 1 N–H and O–H groups in total. The minimum absolute atomic E-state index is 0.0280. The SMILES string of the molecule is CC(C)C(=O)N1CCNC(=O)C1c1ccccc1Cl. The van der Waals surface area contributed by atoms with E-state index in [1.807, 2.05) is 19.9 Å². The molecule has 1 unspecified atom stereocenters. The Labute approximate surface area is 117 Å². The van der Waals surface area contributed by atoms with Crippen molar-refractivity contribution in [1.29, 1.82) is 0 Å². The number of nitrogens with zero attached hydrogens (tertiary/aromatic N) is 1. The molecule has 0 spiro atoms. The number of benzene rings is 1. The van der Waals surface area contributed by atoms with Gasteiger partial charge in [0.05, 0.1) is 0 Å². The largest absolute Gasteiger partial charge is 0.352 e. The highest BCUT2D eigenvalue weighted by atomic mass is 35.5. The molecular formula is C14H17ClN2O2. The van der Waals surface area contributed by atoms with Crippen LogP contribution in [0.15, 0.2) is 24.3 Å². The summed E-state index contributed by atoms with van der Waals surface area (Å²) >= 11 is 6.15. The van der Waals surface area contributed by atoms with Gasteiger partial charge in [-0.1, -0.05) is 43.6 Å². The summed E-state index contributed by atoms with van der Waals surface area (Å²) in [6.07, 6.45) is 0. The molecule has 0 bridgehead atoms. The predicted molar refractivity (Wildman–Crippen MR) is 73.8 cm³/mol. The van der Waals surface area contributed by atoms with Gasteiger partial charge < -0.3 is 10.2 Å². The average Bonchev–Trinajstić information content (AvgIpc) is 2.38. The van der Waals surface area contributed by atoms with E-state index < -0.39 is 6.04 Å². The Hall–Kier alpha value is -1.55. The molecule has 0 aromatic heterocycles. The average molecular weight is 281 g/mol. The lowest BCUT2D eigenvalue weighted by Crippen LogP contribution is -2.53. The molecule has 2 rings (SSSR count). The summed E-state index contributed by atoms with van der Waals surface area (Å²) in [5.74, 6) is -0.344. The van der Waals surface area contributed by atoms with Crippen molar-refractivity contribution in [2.75, 3.05) is 13.1 Å².